The standard InChI is InChI=1S/C15H22F3NO2/c1-12(2)19-10-13-5-3-6-14(9-13)21-8-4-7-20-11-15(16,17)18/h3,5-6,9,12,19H,4,7-8,10-11H2,1-2H3. The second-order valence-electron chi connectivity index (χ2n) is 5.05. The molecule has 0 saturated heterocycles. The fourth-order valence-electron chi connectivity index (χ4n) is 1.61. The van der Waals surface area contributed by atoms with Crippen molar-refractivity contribution in [3.8, 4) is 5.75 Å². The van der Waals surface area contributed by atoms with Crippen LogP contribution in [-0.2, 0) is 11.3 Å². The molecule has 6 heteroatoms. The summed E-state index contributed by atoms with van der Waals surface area (Å²) in [4.78, 5) is 0. The summed E-state index contributed by atoms with van der Waals surface area (Å²) in [7, 11) is 0. The van der Waals surface area contributed by atoms with E-state index in [9.17, 15) is 13.2 Å². The van der Waals surface area contributed by atoms with Crippen LogP contribution in [-0.4, -0.2) is 32.0 Å². The molecule has 0 atom stereocenters. The molecule has 0 fully saturated rings. The minimum atomic E-state index is -4.27. The summed E-state index contributed by atoms with van der Waals surface area (Å²) in [6, 6.07) is 8.04. The van der Waals surface area contributed by atoms with Crippen LogP contribution in [0, 0.1) is 0 Å². The van der Waals surface area contributed by atoms with Crippen molar-refractivity contribution in [2.75, 3.05) is 19.8 Å². The van der Waals surface area contributed by atoms with Crippen molar-refractivity contribution in [1.29, 1.82) is 0 Å². The van der Waals surface area contributed by atoms with E-state index in [0.29, 0.717) is 24.8 Å². The Balaban J connectivity index is 2.21. The summed E-state index contributed by atoms with van der Waals surface area (Å²) in [5.41, 5.74) is 1.11. The Kier molecular flexibility index (Phi) is 7.53. The van der Waals surface area contributed by atoms with E-state index in [4.69, 9.17) is 4.74 Å². The maximum absolute atomic E-state index is 11.8. The first-order chi connectivity index (χ1) is 9.87. The van der Waals surface area contributed by atoms with Crippen molar-refractivity contribution in [2.45, 2.75) is 39.0 Å². The van der Waals surface area contributed by atoms with Gasteiger partial charge in [-0.25, -0.2) is 0 Å². The lowest BCUT2D eigenvalue weighted by molar-refractivity contribution is -0.174. The molecule has 0 aliphatic rings. The van der Waals surface area contributed by atoms with Crippen LogP contribution in [0.2, 0.25) is 0 Å². The Morgan fingerprint density at radius 1 is 1.19 bits per heavy atom. The van der Waals surface area contributed by atoms with E-state index in [1.807, 2.05) is 24.3 Å². The fourth-order valence-corrected chi connectivity index (χ4v) is 1.61. The molecule has 21 heavy (non-hydrogen) atoms. The highest BCUT2D eigenvalue weighted by atomic mass is 19.4. The van der Waals surface area contributed by atoms with Crippen LogP contribution < -0.4 is 10.1 Å². The number of alkyl halides is 3. The molecule has 0 heterocycles. The molecule has 1 aromatic rings. The number of halogens is 3. The Hall–Kier alpha value is -1.27. The summed E-state index contributed by atoms with van der Waals surface area (Å²) in [6.07, 6.45) is -3.84. The Morgan fingerprint density at radius 2 is 1.95 bits per heavy atom. The molecule has 1 N–H and O–H groups in total. The molecular formula is C15H22F3NO2. The highest BCUT2D eigenvalue weighted by Crippen LogP contribution is 2.15. The molecule has 0 aromatic heterocycles. The lowest BCUT2D eigenvalue weighted by Gasteiger charge is -2.11. The van der Waals surface area contributed by atoms with Crippen LogP contribution in [0.15, 0.2) is 24.3 Å². The lowest BCUT2D eigenvalue weighted by atomic mass is 10.2. The molecule has 1 aromatic carbocycles. The molecule has 120 valence electrons. The predicted molar refractivity (Wildman–Crippen MR) is 75.4 cm³/mol. The van der Waals surface area contributed by atoms with Gasteiger partial charge in [-0.15, -0.1) is 0 Å². The quantitative estimate of drug-likeness (QED) is 0.708. The van der Waals surface area contributed by atoms with Gasteiger partial charge in [0.05, 0.1) is 13.2 Å². The van der Waals surface area contributed by atoms with Gasteiger partial charge in [-0.1, -0.05) is 26.0 Å². The van der Waals surface area contributed by atoms with Crippen molar-refractivity contribution >= 4 is 0 Å². The zero-order valence-electron chi connectivity index (χ0n) is 12.4. The van der Waals surface area contributed by atoms with E-state index >= 15 is 0 Å². The molecule has 1 rings (SSSR count). The van der Waals surface area contributed by atoms with Crippen LogP contribution in [0.5, 0.6) is 5.75 Å². The highest BCUT2D eigenvalue weighted by Gasteiger charge is 2.27. The van der Waals surface area contributed by atoms with Crippen LogP contribution in [0.1, 0.15) is 25.8 Å². The number of benzene rings is 1. The highest BCUT2D eigenvalue weighted by molar-refractivity contribution is 5.28. The van der Waals surface area contributed by atoms with E-state index in [-0.39, 0.29) is 6.61 Å². The molecule has 0 spiro atoms. The van der Waals surface area contributed by atoms with E-state index in [1.165, 1.54) is 0 Å². The fraction of sp³-hybridized carbons (Fsp3) is 0.600. The van der Waals surface area contributed by atoms with Crippen molar-refractivity contribution in [1.82, 2.24) is 5.32 Å². The second-order valence-corrected chi connectivity index (χ2v) is 5.05. The van der Waals surface area contributed by atoms with E-state index in [0.717, 1.165) is 12.1 Å². The monoisotopic (exact) mass is 305 g/mol. The van der Waals surface area contributed by atoms with Crippen molar-refractivity contribution in [3.63, 3.8) is 0 Å². The number of rotatable bonds is 9. The van der Waals surface area contributed by atoms with Crippen LogP contribution >= 0.6 is 0 Å². The normalized spacial score (nSPS) is 11.9. The largest absolute Gasteiger partial charge is 0.493 e. The summed E-state index contributed by atoms with van der Waals surface area (Å²) < 4.78 is 45.5. The number of hydrogen-bond donors (Lipinski definition) is 1. The van der Waals surface area contributed by atoms with Crippen LogP contribution in [0.3, 0.4) is 0 Å². The van der Waals surface area contributed by atoms with Crippen molar-refractivity contribution in [2.24, 2.45) is 0 Å². The van der Waals surface area contributed by atoms with Crippen LogP contribution in [0.4, 0.5) is 13.2 Å². The van der Waals surface area contributed by atoms with E-state index in [1.54, 1.807) is 0 Å². The average Bonchev–Trinajstić information content (AvgIpc) is 2.40. The zero-order chi connectivity index (χ0) is 15.7. The topological polar surface area (TPSA) is 30.5 Å². The maximum Gasteiger partial charge on any atom is 0.411 e. The van der Waals surface area contributed by atoms with Gasteiger partial charge in [-0.3, -0.25) is 0 Å². The van der Waals surface area contributed by atoms with Gasteiger partial charge in [0.15, 0.2) is 0 Å². The molecule has 0 aliphatic heterocycles. The van der Waals surface area contributed by atoms with Gasteiger partial charge in [0, 0.05) is 19.0 Å². The van der Waals surface area contributed by atoms with Gasteiger partial charge in [-0.2, -0.15) is 13.2 Å². The number of nitrogens with one attached hydrogen (secondary N) is 1. The molecule has 0 aliphatic carbocycles. The summed E-state index contributed by atoms with van der Waals surface area (Å²) >= 11 is 0. The number of hydrogen-bond acceptors (Lipinski definition) is 3. The van der Waals surface area contributed by atoms with Crippen LogP contribution in [0.25, 0.3) is 0 Å². The Morgan fingerprint density at radius 3 is 2.62 bits per heavy atom. The smallest absolute Gasteiger partial charge is 0.411 e. The first kappa shape index (κ1) is 17.8. The third-order valence-electron chi connectivity index (χ3n) is 2.58. The predicted octanol–water partition coefficient (Wildman–Crippen LogP) is 3.53. The first-order valence-electron chi connectivity index (χ1n) is 6.96. The van der Waals surface area contributed by atoms with Gasteiger partial charge in [0.25, 0.3) is 0 Å². The summed E-state index contributed by atoms with van der Waals surface area (Å²) in [5, 5.41) is 3.31. The molecule has 0 radical (unpaired) electrons. The Bertz CT molecular complexity index is 408. The molecule has 0 unspecified atom stereocenters. The van der Waals surface area contributed by atoms with Gasteiger partial charge in [-0.05, 0) is 17.7 Å². The lowest BCUT2D eigenvalue weighted by Crippen LogP contribution is -2.21. The molecule has 0 saturated carbocycles. The number of ether oxygens (including phenoxy) is 2. The summed E-state index contributed by atoms with van der Waals surface area (Å²) in [6.45, 7) is 4.06. The van der Waals surface area contributed by atoms with Gasteiger partial charge in [0.2, 0.25) is 0 Å². The molecular weight excluding hydrogens is 283 g/mol. The molecule has 0 bridgehead atoms. The SMILES string of the molecule is CC(C)NCc1cccc(OCCCOCC(F)(F)F)c1. The van der Waals surface area contributed by atoms with Gasteiger partial charge >= 0.3 is 6.18 Å². The molecule has 3 nitrogen and oxygen atoms in total. The first-order valence-corrected chi connectivity index (χ1v) is 6.96. The summed E-state index contributed by atoms with van der Waals surface area (Å²) in [5.74, 6) is 0.717. The third kappa shape index (κ3) is 9.31. The second kappa shape index (κ2) is 8.89. The van der Waals surface area contributed by atoms with E-state index < -0.39 is 12.8 Å². The van der Waals surface area contributed by atoms with Gasteiger partial charge < -0.3 is 14.8 Å². The average molecular weight is 305 g/mol. The Labute approximate surface area is 123 Å². The van der Waals surface area contributed by atoms with Crippen molar-refractivity contribution in [3.05, 3.63) is 29.8 Å². The maximum atomic E-state index is 11.8. The molecule has 0 amide bonds. The third-order valence-corrected chi connectivity index (χ3v) is 2.58. The zero-order valence-corrected chi connectivity index (χ0v) is 12.4. The van der Waals surface area contributed by atoms with Gasteiger partial charge in [0.1, 0.15) is 12.4 Å². The minimum Gasteiger partial charge on any atom is -0.493 e. The van der Waals surface area contributed by atoms with Crippen molar-refractivity contribution < 1.29 is 22.6 Å². The van der Waals surface area contributed by atoms with E-state index in [2.05, 4.69) is 23.9 Å². The minimum absolute atomic E-state index is 0.0358.